The zero-order chi connectivity index (χ0) is 18.5. The van der Waals surface area contributed by atoms with E-state index in [1.807, 2.05) is 30.3 Å². The molecule has 0 saturated carbocycles. The number of nitrogens with one attached hydrogen (secondary N) is 1. The Morgan fingerprint density at radius 3 is 2.23 bits per heavy atom. The molecule has 0 aliphatic rings. The SMILES string of the molecule is COc1cc(-c2n[nH]c([C@H](N)Cc3ccccc3)n2)cc(OC)c1OC. The zero-order valence-corrected chi connectivity index (χ0v) is 15.0. The van der Waals surface area contributed by atoms with E-state index in [0.29, 0.717) is 35.3 Å². The number of benzene rings is 2. The molecule has 3 N–H and O–H groups in total. The van der Waals surface area contributed by atoms with Crippen LogP contribution in [0.25, 0.3) is 11.4 Å². The number of aromatic amines is 1. The van der Waals surface area contributed by atoms with E-state index in [4.69, 9.17) is 19.9 Å². The highest BCUT2D eigenvalue weighted by Crippen LogP contribution is 2.40. The van der Waals surface area contributed by atoms with Gasteiger partial charge in [-0.25, -0.2) is 4.98 Å². The summed E-state index contributed by atoms with van der Waals surface area (Å²) >= 11 is 0. The maximum atomic E-state index is 6.27. The van der Waals surface area contributed by atoms with Gasteiger partial charge in [0, 0.05) is 5.56 Å². The van der Waals surface area contributed by atoms with Gasteiger partial charge in [-0.2, -0.15) is 5.10 Å². The second kappa shape index (κ2) is 7.88. The van der Waals surface area contributed by atoms with E-state index >= 15 is 0 Å². The summed E-state index contributed by atoms with van der Waals surface area (Å²) < 4.78 is 16.1. The van der Waals surface area contributed by atoms with Gasteiger partial charge < -0.3 is 19.9 Å². The Balaban J connectivity index is 1.87. The quantitative estimate of drug-likeness (QED) is 0.677. The topological polar surface area (TPSA) is 95.3 Å². The molecular weight excluding hydrogens is 332 g/mol. The number of hydrogen-bond donors (Lipinski definition) is 2. The first kappa shape index (κ1) is 17.8. The van der Waals surface area contributed by atoms with E-state index in [0.717, 1.165) is 11.1 Å². The van der Waals surface area contributed by atoms with Crippen LogP contribution in [0.15, 0.2) is 42.5 Å². The fourth-order valence-corrected chi connectivity index (χ4v) is 2.74. The van der Waals surface area contributed by atoms with E-state index in [9.17, 15) is 0 Å². The van der Waals surface area contributed by atoms with Gasteiger partial charge in [0.2, 0.25) is 5.75 Å². The fraction of sp³-hybridized carbons (Fsp3) is 0.263. The highest BCUT2D eigenvalue weighted by molar-refractivity contribution is 5.66. The van der Waals surface area contributed by atoms with Crippen LogP contribution in [0.2, 0.25) is 0 Å². The summed E-state index contributed by atoms with van der Waals surface area (Å²) in [5.74, 6) is 2.75. The number of H-pyrrole nitrogens is 1. The Kier molecular flexibility index (Phi) is 5.38. The van der Waals surface area contributed by atoms with Crippen molar-refractivity contribution in [2.45, 2.75) is 12.5 Å². The molecule has 0 aliphatic heterocycles. The van der Waals surface area contributed by atoms with Crippen molar-refractivity contribution in [2.75, 3.05) is 21.3 Å². The van der Waals surface area contributed by atoms with E-state index < -0.39 is 0 Å². The fourth-order valence-electron chi connectivity index (χ4n) is 2.74. The van der Waals surface area contributed by atoms with Crippen molar-refractivity contribution >= 4 is 0 Å². The van der Waals surface area contributed by atoms with E-state index in [1.165, 1.54) is 0 Å². The summed E-state index contributed by atoms with van der Waals surface area (Å²) in [7, 11) is 4.70. The second-order valence-electron chi connectivity index (χ2n) is 5.75. The van der Waals surface area contributed by atoms with Crippen LogP contribution in [0.1, 0.15) is 17.4 Å². The second-order valence-corrected chi connectivity index (χ2v) is 5.75. The molecule has 1 aromatic heterocycles. The highest BCUT2D eigenvalue weighted by atomic mass is 16.5. The van der Waals surface area contributed by atoms with Crippen molar-refractivity contribution in [3.05, 3.63) is 53.9 Å². The molecule has 0 bridgehead atoms. The normalized spacial score (nSPS) is 11.8. The zero-order valence-electron chi connectivity index (χ0n) is 15.0. The van der Waals surface area contributed by atoms with E-state index in [-0.39, 0.29) is 6.04 Å². The Labute approximate surface area is 152 Å². The van der Waals surface area contributed by atoms with Crippen molar-refractivity contribution in [2.24, 2.45) is 5.73 Å². The molecule has 7 nitrogen and oxygen atoms in total. The van der Waals surface area contributed by atoms with Crippen LogP contribution >= 0.6 is 0 Å². The summed E-state index contributed by atoms with van der Waals surface area (Å²) in [6, 6.07) is 13.4. The van der Waals surface area contributed by atoms with Crippen LogP contribution in [0.3, 0.4) is 0 Å². The monoisotopic (exact) mass is 354 g/mol. The Morgan fingerprint density at radius 2 is 1.65 bits per heavy atom. The molecule has 0 spiro atoms. The first-order chi connectivity index (χ1) is 12.7. The Morgan fingerprint density at radius 1 is 1.00 bits per heavy atom. The predicted molar refractivity (Wildman–Crippen MR) is 98.5 cm³/mol. The first-order valence-corrected chi connectivity index (χ1v) is 8.18. The van der Waals surface area contributed by atoms with Crippen molar-refractivity contribution in [1.82, 2.24) is 15.2 Å². The lowest BCUT2D eigenvalue weighted by molar-refractivity contribution is 0.324. The molecule has 0 saturated heterocycles. The van der Waals surface area contributed by atoms with Gasteiger partial charge in [0.05, 0.1) is 27.4 Å². The van der Waals surface area contributed by atoms with Gasteiger partial charge in [-0.3, -0.25) is 5.10 Å². The summed E-state index contributed by atoms with van der Waals surface area (Å²) in [6.45, 7) is 0. The largest absolute Gasteiger partial charge is 0.493 e. The standard InChI is InChI=1S/C19H22N4O3/c1-24-15-10-13(11-16(25-2)17(15)26-3)18-21-19(23-22-18)14(20)9-12-7-5-4-6-8-12/h4-8,10-11,14H,9,20H2,1-3H3,(H,21,22,23)/t14-/m1/s1. The average Bonchev–Trinajstić information content (AvgIpc) is 3.18. The number of rotatable bonds is 7. The molecule has 1 heterocycles. The van der Waals surface area contributed by atoms with Gasteiger partial charge in [0.25, 0.3) is 0 Å². The molecule has 3 aromatic rings. The van der Waals surface area contributed by atoms with Crippen LogP contribution < -0.4 is 19.9 Å². The minimum atomic E-state index is -0.277. The molecular formula is C19H22N4O3. The number of ether oxygens (including phenoxy) is 3. The van der Waals surface area contributed by atoms with Crippen LogP contribution in [0, 0.1) is 0 Å². The van der Waals surface area contributed by atoms with Gasteiger partial charge >= 0.3 is 0 Å². The molecule has 7 heteroatoms. The van der Waals surface area contributed by atoms with Crippen LogP contribution in [0.5, 0.6) is 17.2 Å². The summed E-state index contributed by atoms with van der Waals surface area (Å²) in [6.07, 6.45) is 0.671. The minimum absolute atomic E-state index is 0.277. The third kappa shape index (κ3) is 3.62. The van der Waals surface area contributed by atoms with Gasteiger partial charge in [0.15, 0.2) is 17.3 Å². The van der Waals surface area contributed by atoms with Crippen molar-refractivity contribution in [3.8, 4) is 28.6 Å². The third-order valence-corrected chi connectivity index (χ3v) is 4.08. The molecule has 2 aromatic carbocycles. The van der Waals surface area contributed by atoms with Gasteiger partial charge in [-0.1, -0.05) is 30.3 Å². The first-order valence-electron chi connectivity index (χ1n) is 8.18. The molecule has 0 radical (unpaired) electrons. The van der Waals surface area contributed by atoms with Gasteiger partial charge in [0.1, 0.15) is 5.82 Å². The summed E-state index contributed by atoms with van der Waals surface area (Å²) in [4.78, 5) is 4.54. The molecule has 26 heavy (non-hydrogen) atoms. The molecule has 0 fully saturated rings. The molecule has 0 unspecified atom stereocenters. The van der Waals surface area contributed by atoms with E-state index in [2.05, 4.69) is 15.2 Å². The van der Waals surface area contributed by atoms with Crippen LogP contribution in [0.4, 0.5) is 0 Å². The molecule has 136 valence electrons. The van der Waals surface area contributed by atoms with Gasteiger partial charge in [-0.15, -0.1) is 0 Å². The van der Waals surface area contributed by atoms with E-state index in [1.54, 1.807) is 33.5 Å². The Hall–Kier alpha value is -3.06. The van der Waals surface area contributed by atoms with Gasteiger partial charge in [-0.05, 0) is 24.1 Å². The Bertz CT molecular complexity index is 839. The predicted octanol–water partition coefficient (Wildman–Crippen LogP) is 2.74. The lowest BCUT2D eigenvalue weighted by Gasteiger charge is -2.13. The van der Waals surface area contributed by atoms with Crippen molar-refractivity contribution in [1.29, 1.82) is 0 Å². The average molecular weight is 354 g/mol. The number of methoxy groups -OCH3 is 3. The number of aromatic nitrogens is 3. The smallest absolute Gasteiger partial charge is 0.203 e. The molecule has 3 rings (SSSR count). The van der Waals surface area contributed by atoms with Crippen LogP contribution in [-0.2, 0) is 6.42 Å². The minimum Gasteiger partial charge on any atom is -0.493 e. The summed E-state index contributed by atoms with van der Waals surface area (Å²) in [5, 5.41) is 7.22. The molecule has 1 atom stereocenters. The molecule has 0 amide bonds. The number of hydrogen-bond acceptors (Lipinski definition) is 6. The lowest BCUT2D eigenvalue weighted by atomic mass is 10.1. The van der Waals surface area contributed by atoms with Crippen molar-refractivity contribution < 1.29 is 14.2 Å². The van der Waals surface area contributed by atoms with Crippen molar-refractivity contribution in [3.63, 3.8) is 0 Å². The highest BCUT2D eigenvalue weighted by Gasteiger charge is 2.18. The summed E-state index contributed by atoms with van der Waals surface area (Å²) in [5.41, 5.74) is 8.16. The number of nitrogens with two attached hydrogens (primary N) is 1. The number of nitrogens with zero attached hydrogens (tertiary/aromatic N) is 2. The lowest BCUT2D eigenvalue weighted by Crippen LogP contribution is -2.15. The maximum Gasteiger partial charge on any atom is 0.203 e. The van der Waals surface area contributed by atoms with Crippen LogP contribution in [-0.4, -0.2) is 36.5 Å². The third-order valence-electron chi connectivity index (χ3n) is 4.08. The maximum absolute atomic E-state index is 6.27. The molecule has 0 aliphatic carbocycles.